The zero-order chi connectivity index (χ0) is 12.3. The van der Waals surface area contributed by atoms with Crippen LogP contribution >= 0.6 is 12.4 Å². The molecule has 1 unspecified atom stereocenters. The SMILES string of the molecule is CCC1c2ccccc2CCN1CCC(=O)O.Cl. The van der Waals surface area contributed by atoms with Gasteiger partial charge in [0.25, 0.3) is 0 Å². The van der Waals surface area contributed by atoms with Crippen molar-refractivity contribution in [2.75, 3.05) is 13.1 Å². The highest BCUT2D eigenvalue weighted by atomic mass is 35.5. The van der Waals surface area contributed by atoms with Crippen molar-refractivity contribution in [2.24, 2.45) is 0 Å². The Morgan fingerprint density at radius 1 is 1.44 bits per heavy atom. The van der Waals surface area contributed by atoms with Gasteiger partial charge in [0.15, 0.2) is 0 Å². The zero-order valence-electron chi connectivity index (χ0n) is 10.6. The molecule has 0 saturated heterocycles. The Labute approximate surface area is 114 Å². The van der Waals surface area contributed by atoms with Gasteiger partial charge in [-0.15, -0.1) is 12.4 Å². The molecule has 0 fully saturated rings. The third-order valence-corrected chi connectivity index (χ3v) is 3.52. The number of rotatable bonds is 4. The number of aliphatic carboxylic acids is 1. The number of fused-ring (bicyclic) bond motifs is 1. The molecule has 0 spiro atoms. The van der Waals surface area contributed by atoms with Crippen LogP contribution in [0.15, 0.2) is 24.3 Å². The van der Waals surface area contributed by atoms with Gasteiger partial charge in [0.2, 0.25) is 0 Å². The van der Waals surface area contributed by atoms with Crippen molar-refractivity contribution >= 4 is 18.4 Å². The summed E-state index contributed by atoms with van der Waals surface area (Å²) >= 11 is 0. The lowest BCUT2D eigenvalue weighted by Crippen LogP contribution is -2.36. The lowest BCUT2D eigenvalue weighted by Gasteiger charge is -2.36. The standard InChI is InChI=1S/C14H19NO2.ClH/c1-2-13-12-6-4-3-5-11(12)7-9-15(13)10-8-14(16)17;/h3-6,13H,2,7-10H2,1H3,(H,16,17);1H. The van der Waals surface area contributed by atoms with Gasteiger partial charge in [-0.3, -0.25) is 9.69 Å². The molecule has 2 rings (SSSR count). The summed E-state index contributed by atoms with van der Waals surface area (Å²) in [5, 5.41) is 8.77. The number of carboxylic acid groups (broad SMARTS) is 1. The van der Waals surface area contributed by atoms with E-state index in [2.05, 4.69) is 36.1 Å². The lowest BCUT2D eigenvalue weighted by atomic mass is 9.91. The Hall–Kier alpha value is -1.06. The lowest BCUT2D eigenvalue weighted by molar-refractivity contribution is -0.137. The van der Waals surface area contributed by atoms with Crippen molar-refractivity contribution in [2.45, 2.75) is 32.2 Å². The fraction of sp³-hybridized carbons (Fsp3) is 0.500. The van der Waals surface area contributed by atoms with Crippen LogP contribution in [0.2, 0.25) is 0 Å². The highest BCUT2D eigenvalue weighted by Gasteiger charge is 2.25. The van der Waals surface area contributed by atoms with Crippen molar-refractivity contribution in [3.05, 3.63) is 35.4 Å². The van der Waals surface area contributed by atoms with Gasteiger partial charge in [-0.2, -0.15) is 0 Å². The molecular weight excluding hydrogens is 250 g/mol. The van der Waals surface area contributed by atoms with E-state index in [1.807, 2.05) is 0 Å². The van der Waals surface area contributed by atoms with Crippen LogP contribution in [0.5, 0.6) is 0 Å². The van der Waals surface area contributed by atoms with Gasteiger partial charge in [0.1, 0.15) is 0 Å². The molecule has 1 aromatic rings. The molecule has 3 nitrogen and oxygen atoms in total. The summed E-state index contributed by atoms with van der Waals surface area (Å²) in [5.74, 6) is -0.710. The van der Waals surface area contributed by atoms with Crippen LogP contribution in [-0.2, 0) is 11.2 Å². The molecule has 0 bridgehead atoms. The average Bonchev–Trinajstić information content (AvgIpc) is 2.35. The van der Waals surface area contributed by atoms with Crippen LogP contribution in [0.3, 0.4) is 0 Å². The van der Waals surface area contributed by atoms with Crippen molar-refractivity contribution in [1.29, 1.82) is 0 Å². The van der Waals surface area contributed by atoms with E-state index in [1.54, 1.807) is 0 Å². The van der Waals surface area contributed by atoms with Crippen molar-refractivity contribution < 1.29 is 9.90 Å². The molecule has 1 aliphatic heterocycles. The summed E-state index contributed by atoms with van der Waals surface area (Å²) in [6, 6.07) is 8.91. The highest BCUT2D eigenvalue weighted by molar-refractivity contribution is 5.85. The molecule has 18 heavy (non-hydrogen) atoms. The molecule has 0 amide bonds. The van der Waals surface area contributed by atoms with Gasteiger partial charge in [0, 0.05) is 19.1 Å². The largest absolute Gasteiger partial charge is 0.481 e. The molecular formula is C14H20ClNO2. The van der Waals surface area contributed by atoms with E-state index in [0.717, 1.165) is 19.4 Å². The smallest absolute Gasteiger partial charge is 0.304 e. The maximum absolute atomic E-state index is 10.7. The second-order valence-corrected chi connectivity index (χ2v) is 4.55. The minimum Gasteiger partial charge on any atom is -0.481 e. The molecule has 1 N–H and O–H groups in total. The van der Waals surface area contributed by atoms with Crippen molar-refractivity contribution in [3.63, 3.8) is 0 Å². The first-order chi connectivity index (χ1) is 8.22. The second kappa shape index (κ2) is 6.76. The summed E-state index contributed by atoms with van der Waals surface area (Å²) in [6.45, 7) is 3.80. The average molecular weight is 270 g/mol. The Morgan fingerprint density at radius 3 is 2.83 bits per heavy atom. The van der Waals surface area contributed by atoms with Gasteiger partial charge in [-0.05, 0) is 24.0 Å². The molecule has 0 radical (unpaired) electrons. The van der Waals surface area contributed by atoms with Gasteiger partial charge >= 0.3 is 5.97 Å². The van der Waals surface area contributed by atoms with Gasteiger partial charge in [0.05, 0.1) is 6.42 Å². The Balaban J connectivity index is 0.00000162. The second-order valence-electron chi connectivity index (χ2n) is 4.55. The van der Waals surface area contributed by atoms with E-state index in [4.69, 9.17) is 5.11 Å². The number of hydrogen-bond acceptors (Lipinski definition) is 2. The Bertz CT molecular complexity index is 409. The summed E-state index contributed by atoms with van der Waals surface area (Å²) in [5.41, 5.74) is 2.80. The van der Waals surface area contributed by atoms with Crippen LogP contribution in [0, 0.1) is 0 Å². The Kier molecular flexibility index (Phi) is 5.63. The summed E-state index contributed by atoms with van der Waals surface area (Å²) in [7, 11) is 0. The molecule has 1 aromatic carbocycles. The molecule has 0 aromatic heterocycles. The third-order valence-electron chi connectivity index (χ3n) is 3.52. The van der Waals surface area contributed by atoms with E-state index < -0.39 is 5.97 Å². The number of halogens is 1. The fourth-order valence-electron chi connectivity index (χ4n) is 2.69. The predicted octanol–water partition coefficient (Wildman–Crippen LogP) is 2.89. The van der Waals surface area contributed by atoms with E-state index in [9.17, 15) is 4.79 Å². The summed E-state index contributed by atoms with van der Waals surface area (Å²) in [6.07, 6.45) is 2.31. The van der Waals surface area contributed by atoms with Crippen molar-refractivity contribution in [3.8, 4) is 0 Å². The number of hydrogen-bond donors (Lipinski definition) is 1. The first-order valence-electron chi connectivity index (χ1n) is 6.26. The summed E-state index contributed by atoms with van der Waals surface area (Å²) < 4.78 is 0. The predicted molar refractivity (Wildman–Crippen MR) is 74.3 cm³/mol. The maximum atomic E-state index is 10.7. The first kappa shape index (κ1) is 15.0. The van der Waals surface area contributed by atoms with Crippen LogP contribution < -0.4 is 0 Å². The minimum atomic E-state index is -0.710. The molecule has 0 saturated carbocycles. The maximum Gasteiger partial charge on any atom is 0.304 e. The monoisotopic (exact) mass is 269 g/mol. The molecule has 0 aliphatic carbocycles. The summed E-state index contributed by atoms with van der Waals surface area (Å²) in [4.78, 5) is 13.0. The van der Waals surface area contributed by atoms with Crippen LogP contribution in [-0.4, -0.2) is 29.1 Å². The van der Waals surface area contributed by atoms with Crippen LogP contribution in [0.25, 0.3) is 0 Å². The third kappa shape index (κ3) is 3.24. The normalized spacial score (nSPS) is 18.8. The topological polar surface area (TPSA) is 40.5 Å². The number of carboxylic acids is 1. The quantitative estimate of drug-likeness (QED) is 0.914. The zero-order valence-corrected chi connectivity index (χ0v) is 11.4. The number of carbonyl (C=O) groups is 1. The van der Waals surface area contributed by atoms with Gasteiger partial charge in [-0.1, -0.05) is 31.2 Å². The van der Waals surface area contributed by atoms with Crippen LogP contribution in [0.1, 0.15) is 36.9 Å². The van der Waals surface area contributed by atoms with E-state index in [0.29, 0.717) is 12.6 Å². The van der Waals surface area contributed by atoms with Gasteiger partial charge in [-0.25, -0.2) is 0 Å². The van der Waals surface area contributed by atoms with Crippen LogP contribution in [0.4, 0.5) is 0 Å². The molecule has 1 aliphatic rings. The first-order valence-corrected chi connectivity index (χ1v) is 6.26. The van der Waals surface area contributed by atoms with Crippen molar-refractivity contribution in [1.82, 2.24) is 4.90 Å². The van der Waals surface area contributed by atoms with E-state index in [-0.39, 0.29) is 18.8 Å². The molecule has 1 heterocycles. The highest BCUT2D eigenvalue weighted by Crippen LogP contribution is 2.31. The van der Waals surface area contributed by atoms with Gasteiger partial charge < -0.3 is 5.11 Å². The van der Waals surface area contributed by atoms with E-state index >= 15 is 0 Å². The number of benzene rings is 1. The number of nitrogens with zero attached hydrogens (tertiary/aromatic N) is 1. The minimum absolute atomic E-state index is 0. The molecule has 4 heteroatoms. The molecule has 100 valence electrons. The Morgan fingerprint density at radius 2 is 2.17 bits per heavy atom. The molecule has 1 atom stereocenters. The van der Waals surface area contributed by atoms with E-state index in [1.165, 1.54) is 11.1 Å². The fourth-order valence-corrected chi connectivity index (χ4v) is 2.69.